The molecule has 2 aliphatic rings. The number of hydrogen-bond donors (Lipinski definition) is 0. The Morgan fingerprint density at radius 1 is 0.882 bits per heavy atom. The predicted molar refractivity (Wildman–Crippen MR) is 131 cm³/mol. The third-order valence-corrected chi connectivity index (χ3v) is 6.72. The Morgan fingerprint density at radius 3 is 2.41 bits per heavy atom. The van der Waals surface area contributed by atoms with E-state index in [0.717, 1.165) is 71.9 Å². The van der Waals surface area contributed by atoms with Gasteiger partial charge in [-0.3, -0.25) is 9.78 Å². The molecule has 7 nitrogen and oxygen atoms in total. The summed E-state index contributed by atoms with van der Waals surface area (Å²) in [6.45, 7) is 3.84. The molecular formula is C27H25N5O2. The fourth-order valence-corrected chi connectivity index (χ4v) is 4.80. The van der Waals surface area contributed by atoms with Crippen LogP contribution in [0.5, 0.6) is 0 Å². The molecule has 0 unspecified atom stereocenters. The quantitative estimate of drug-likeness (QED) is 0.457. The number of anilines is 1. The number of aromatic nitrogens is 3. The molecule has 0 spiro atoms. The number of rotatable bonds is 4. The van der Waals surface area contributed by atoms with Crippen molar-refractivity contribution in [1.29, 1.82) is 0 Å². The van der Waals surface area contributed by atoms with E-state index < -0.39 is 0 Å². The number of benzene rings is 1. The van der Waals surface area contributed by atoms with Gasteiger partial charge in [0.2, 0.25) is 5.95 Å². The first kappa shape index (κ1) is 20.7. The smallest absolute Gasteiger partial charge is 0.225 e. The highest BCUT2D eigenvalue weighted by Crippen LogP contribution is 2.42. The maximum Gasteiger partial charge on any atom is 0.225 e. The van der Waals surface area contributed by atoms with Crippen molar-refractivity contribution in [1.82, 2.24) is 19.9 Å². The topological polar surface area (TPSA) is 75.4 Å². The van der Waals surface area contributed by atoms with Gasteiger partial charge in [-0.25, -0.2) is 9.97 Å². The first-order valence-corrected chi connectivity index (χ1v) is 11.6. The molecule has 0 bridgehead atoms. The summed E-state index contributed by atoms with van der Waals surface area (Å²) < 4.78 is 6.40. The second kappa shape index (κ2) is 8.50. The van der Waals surface area contributed by atoms with Crippen LogP contribution in [0.15, 0.2) is 65.6 Å². The highest BCUT2D eigenvalue weighted by atomic mass is 16.3. The molecule has 3 aromatic heterocycles. The van der Waals surface area contributed by atoms with Crippen molar-refractivity contribution < 1.29 is 9.21 Å². The van der Waals surface area contributed by atoms with Gasteiger partial charge in [0.25, 0.3) is 0 Å². The van der Waals surface area contributed by atoms with Crippen LogP contribution in [0.2, 0.25) is 0 Å². The highest BCUT2D eigenvalue weighted by molar-refractivity contribution is 6.07. The fourth-order valence-electron chi connectivity index (χ4n) is 4.80. The van der Waals surface area contributed by atoms with Crippen LogP contribution in [0, 0.1) is 0 Å². The summed E-state index contributed by atoms with van der Waals surface area (Å²) in [5.74, 6) is 2.32. The molecule has 1 aliphatic carbocycles. The molecule has 0 saturated carbocycles. The minimum atomic E-state index is 0.189. The van der Waals surface area contributed by atoms with Crippen molar-refractivity contribution in [3.63, 3.8) is 0 Å². The van der Waals surface area contributed by atoms with Gasteiger partial charge in [0.1, 0.15) is 11.5 Å². The lowest BCUT2D eigenvalue weighted by atomic mass is 9.94. The number of nitrogens with zero attached hydrogens (tertiary/aromatic N) is 5. The van der Waals surface area contributed by atoms with Crippen molar-refractivity contribution in [2.75, 3.05) is 38.1 Å². The number of aryl methyl sites for hydroxylation is 1. The zero-order valence-corrected chi connectivity index (χ0v) is 19.1. The Labute approximate surface area is 198 Å². The maximum absolute atomic E-state index is 12.7. The molecule has 4 aromatic rings. The summed E-state index contributed by atoms with van der Waals surface area (Å²) >= 11 is 0. The molecule has 34 heavy (non-hydrogen) atoms. The summed E-state index contributed by atoms with van der Waals surface area (Å²) in [6.07, 6.45) is 8.48. The summed E-state index contributed by atoms with van der Waals surface area (Å²) in [4.78, 5) is 30.6. The Morgan fingerprint density at radius 2 is 1.65 bits per heavy atom. The normalized spacial score (nSPS) is 16.1. The van der Waals surface area contributed by atoms with E-state index in [9.17, 15) is 4.79 Å². The Hall–Kier alpha value is -3.84. The summed E-state index contributed by atoms with van der Waals surface area (Å²) in [6, 6.07) is 11.9. The van der Waals surface area contributed by atoms with E-state index in [0.29, 0.717) is 17.9 Å². The molecule has 0 atom stereocenters. The molecule has 1 fully saturated rings. The second-order valence-electron chi connectivity index (χ2n) is 8.91. The number of furan rings is 1. The van der Waals surface area contributed by atoms with Crippen LogP contribution in [0.3, 0.4) is 0 Å². The van der Waals surface area contributed by atoms with E-state index in [2.05, 4.69) is 31.8 Å². The monoisotopic (exact) mass is 451 g/mol. The summed E-state index contributed by atoms with van der Waals surface area (Å²) in [5.41, 5.74) is 5.44. The van der Waals surface area contributed by atoms with Gasteiger partial charge in [-0.05, 0) is 42.8 Å². The number of likely N-dealkylation sites (N-methyl/N-ethyl adjacent to an activating group) is 1. The standard InChI is InChI=1S/C27H25N5O2/c1-31-11-13-32(14-12-31)27-29-16-20(17-30-27)24-15-22(26(34-24)19-7-9-28-10-8-19)21-4-2-3-18-5-6-23(33)25(18)21/h2-4,7-10,15-17H,5-6,11-14H2,1H3. The van der Waals surface area contributed by atoms with Gasteiger partial charge in [-0.15, -0.1) is 0 Å². The van der Waals surface area contributed by atoms with Gasteiger partial charge >= 0.3 is 0 Å². The molecule has 7 heteroatoms. The van der Waals surface area contributed by atoms with Crippen molar-refractivity contribution >= 4 is 11.7 Å². The average molecular weight is 452 g/mol. The Balaban J connectivity index is 1.41. The number of carbonyl (C=O) groups is 1. The van der Waals surface area contributed by atoms with E-state index >= 15 is 0 Å². The van der Waals surface area contributed by atoms with Gasteiger partial charge in [-0.1, -0.05) is 18.2 Å². The van der Waals surface area contributed by atoms with Crippen LogP contribution in [0.1, 0.15) is 22.3 Å². The van der Waals surface area contributed by atoms with Crippen molar-refractivity contribution in [3.8, 4) is 33.8 Å². The number of Topliss-reactive ketones (excluding diaryl/α,β-unsaturated/α-hetero) is 1. The van der Waals surface area contributed by atoms with Crippen LogP contribution in [-0.4, -0.2) is 58.9 Å². The zero-order valence-electron chi connectivity index (χ0n) is 19.1. The molecule has 4 heterocycles. The molecule has 170 valence electrons. The van der Waals surface area contributed by atoms with E-state index in [4.69, 9.17) is 4.42 Å². The minimum Gasteiger partial charge on any atom is -0.455 e. The zero-order chi connectivity index (χ0) is 23.1. The Bertz CT molecular complexity index is 1340. The van der Waals surface area contributed by atoms with Crippen molar-refractivity contribution in [3.05, 3.63) is 72.3 Å². The van der Waals surface area contributed by atoms with Crippen molar-refractivity contribution in [2.45, 2.75) is 12.8 Å². The first-order valence-electron chi connectivity index (χ1n) is 11.6. The van der Waals surface area contributed by atoms with E-state index in [-0.39, 0.29) is 5.78 Å². The second-order valence-corrected chi connectivity index (χ2v) is 8.91. The molecule has 0 amide bonds. The average Bonchev–Trinajstić information content (AvgIpc) is 3.50. The fraction of sp³-hybridized carbons (Fsp3) is 0.259. The molecule has 1 aromatic carbocycles. The number of piperazine rings is 1. The molecule has 1 saturated heterocycles. The summed E-state index contributed by atoms with van der Waals surface area (Å²) in [5, 5.41) is 0. The van der Waals surface area contributed by atoms with E-state index in [1.807, 2.05) is 48.8 Å². The number of ketones is 1. The third-order valence-electron chi connectivity index (χ3n) is 6.72. The summed E-state index contributed by atoms with van der Waals surface area (Å²) in [7, 11) is 2.13. The SMILES string of the molecule is CN1CCN(c2ncc(-c3cc(-c4cccc5c4C(=O)CC5)c(-c4ccncc4)o3)cn2)CC1. The highest BCUT2D eigenvalue weighted by Gasteiger charge is 2.27. The van der Waals surface area contributed by atoms with Gasteiger partial charge < -0.3 is 14.2 Å². The number of pyridine rings is 1. The third kappa shape index (κ3) is 3.68. The minimum absolute atomic E-state index is 0.189. The van der Waals surface area contributed by atoms with Gasteiger partial charge in [0.15, 0.2) is 5.78 Å². The molecule has 0 N–H and O–H groups in total. The van der Waals surface area contributed by atoms with Crippen LogP contribution in [0.4, 0.5) is 5.95 Å². The largest absolute Gasteiger partial charge is 0.455 e. The van der Waals surface area contributed by atoms with Gasteiger partial charge in [0.05, 0.1) is 5.56 Å². The van der Waals surface area contributed by atoms with E-state index in [1.54, 1.807) is 12.4 Å². The number of carbonyl (C=O) groups excluding carboxylic acids is 1. The van der Waals surface area contributed by atoms with Crippen LogP contribution in [0.25, 0.3) is 33.8 Å². The van der Waals surface area contributed by atoms with Crippen molar-refractivity contribution in [2.24, 2.45) is 0 Å². The molecule has 1 aliphatic heterocycles. The maximum atomic E-state index is 12.7. The molecule has 6 rings (SSSR count). The van der Waals surface area contributed by atoms with Crippen LogP contribution in [-0.2, 0) is 6.42 Å². The number of fused-ring (bicyclic) bond motifs is 1. The van der Waals surface area contributed by atoms with Crippen LogP contribution < -0.4 is 4.90 Å². The Kier molecular flexibility index (Phi) is 5.19. The molecular weight excluding hydrogens is 426 g/mol. The van der Waals surface area contributed by atoms with E-state index in [1.165, 1.54) is 0 Å². The number of hydrogen-bond acceptors (Lipinski definition) is 7. The predicted octanol–water partition coefficient (Wildman–Crippen LogP) is 4.35. The van der Waals surface area contributed by atoms with Gasteiger partial charge in [0, 0.05) is 74.1 Å². The molecule has 0 radical (unpaired) electrons. The lowest BCUT2D eigenvalue weighted by molar-refractivity contribution is 0.0995. The van der Waals surface area contributed by atoms with Gasteiger partial charge in [-0.2, -0.15) is 0 Å². The lowest BCUT2D eigenvalue weighted by Gasteiger charge is -2.32. The lowest BCUT2D eigenvalue weighted by Crippen LogP contribution is -2.45. The first-order chi connectivity index (χ1) is 16.7. The van der Waals surface area contributed by atoms with Crippen LogP contribution >= 0.6 is 0 Å².